The van der Waals surface area contributed by atoms with E-state index in [2.05, 4.69) is 31.6 Å². The van der Waals surface area contributed by atoms with Crippen LogP contribution in [0.1, 0.15) is 20.8 Å². The van der Waals surface area contributed by atoms with Gasteiger partial charge in [-0.25, -0.2) is 9.97 Å². The van der Waals surface area contributed by atoms with E-state index in [9.17, 15) is 13.2 Å². The standard InChI is InChI=1S/C20H21F3N6.H2/c1-12(2)10-13-11-29(9-8-24-13)16-6-5-15(20(21,22)23)18(26-16)17-14-4-3-7-25-19(14)28-27-17;/h3-7,10,13,24H,8-9,11H2,1-2H3,(H,25,27,28);1H. The lowest BCUT2D eigenvalue weighted by Crippen LogP contribution is -2.50. The zero-order valence-electron chi connectivity index (χ0n) is 16.1. The molecule has 6 nitrogen and oxygen atoms in total. The van der Waals surface area contributed by atoms with Gasteiger partial charge in [0.2, 0.25) is 0 Å². The normalized spacial score (nSPS) is 17.6. The van der Waals surface area contributed by atoms with Gasteiger partial charge in [0.05, 0.1) is 11.3 Å². The molecular formula is C20H23F3N6. The molecule has 0 aromatic carbocycles. The molecule has 0 radical (unpaired) electrons. The molecule has 0 spiro atoms. The number of allylic oxidation sites excluding steroid dienone is 1. The van der Waals surface area contributed by atoms with Gasteiger partial charge in [0, 0.05) is 38.7 Å². The number of H-pyrrole nitrogens is 1. The third-order valence-corrected chi connectivity index (χ3v) is 4.82. The van der Waals surface area contributed by atoms with Gasteiger partial charge in [-0.15, -0.1) is 0 Å². The van der Waals surface area contributed by atoms with E-state index < -0.39 is 11.7 Å². The van der Waals surface area contributed by atoms with Gasteiger partial charge in [0.25, 0.3) is 0 Å². The van der Waals surface area contributed by atoms with Crippen LogP contribution in [0.3, 0.4) is 0 Å². The number of alkyl halides is 3. The van der Waals surface area contributed by atoms with E-state index in [1.807, 2.05) is 18.7 Å². The van der Waals surface area contributed by atoms with Gasteiger partial charge in [0.15, 0.2) is 5.65 Å². The monoisotopic (exact) mass is 404 g/mol. The fourth-order valence-electron chi connectivity index (χ4n) is 3.58. The maximum absolute atomic E-state index is 13.7. The van der Waals surface area contributed by atoms with Crippen LogP contribution in [-0.2, 0) is 6.18 Å². The minimum Gasteiger partial charge on any atom is -0.353 e. The van der Waals surface area contributed by atoms with Gasteiger partial charge in [-0.1, -0.05) is 11.6 Å². The Morgan fingerprint density at radius 3 is 2.86 bits per heavy atom. The van der Waals surface area contributed by atoms with Gasteiger partial charge in [0.1, 0.15) is 11.5 Å². The van der Waals surface area contributed by atoms with E-state index in [0.717, 1.165) is 12.6 Å². The topological polar surface area (TPSA) is 69.7 Å². The molecule has 0 saturated carbocycles. The molecule has 0 aliphatic carbocycles. The Morgan fingerprint density at radius 1 is 1.28 bits per heavy atom. The summed E-state index contributed by atoms with van der Waals surface area (Å²) >= 11 is 0. The minimum atomic E-state index is -4.53. The number of fused-ring (bicyclic) bond motifs is 1. The predicted octanol–water partition coefficient (Wildman–Crippen LogP) is 4.03. The lowest BCUT2D eigenvalue weighted by molar-refractivity contribution is -0.137. The summed E-state index contributed by atoms with van der Waals surface area (Å²) in [6, 6.07) is 6.01. The Bertz CT molecular complexity index is 1060. The molecule has 3 aromatic heterocycles. The van der Waals surface area contributed by atoms with Crippen LogP contribution in [0.25, 0.3) is 22.4 Å². The van der Waals surface area contributed by atoms with Crippen molar-refractivity contribution in [2.45, 2.75) is 26.1 Å². The number of hydrogen-bond acceptors (Lipinski definition) is 5. The van der Waals surface area contributed by atoms with Gasteiger partial charge in [-0.05, 0) is 38.1 Å². The summed E-state index contributed by atoms with van der Waals surface area (Å²) in [6.07, 6.45) is -0.870. The second kappa shape index (κ2) is 7.47. The first kappa shape index (κ1) is 19.4. The summed E-state index contributed by atoms with van der Waals surface area (Å²) in [6.45, 7) is 6.06. The Balaban J connectivity index is 0.00000256. The van der Waals surface area contributed by atoms with Crippen LogP contribution in [0, 0.1) is 0 Å². The van der Waals surface area contributed by atoms with E-state index in [1.165, 1.54) is 11.6 Å². The zero-order chi connectivity index (χ0) is 20.6. The van der Waals surface area contributed by atoms with Crippen LogP contribution in [-0.4, -0.2) is 45.8 Å². The Labute approximate surface area is 167 Å². The highest BCUT2D eigenvalue weighted by Gasteiger charge is 2.36. The quantitative estimate of drug-likeness (QED) is 0.645. The molecule has 0 amide bonds. The van der Waals surface area contributed by atoms with E-state index in [4.69, 9.17) is 0 Å². The Kier molecular flexibility index (Phi) is 4.99. The van der Waals surface area contributed by atoms with Crippen molar-refractivity contribution in [1.82, 2.24) is 25.5 Å². The molecule has 1 atom stereocenters. The molecule has 0 bridgehead atoms. The number of hydrogen-bond donors (Lipinski definition) is 2. The SMILES string of the molecule is CC(C)=CC1CN(c2ccc(C(F)(F)F)c(-c3[nH]nc4ncccc34)n2)CCN1.[HH]. The van der Waals surface area contributed by atoms with E-state index in [1.54, 1.807) is 18.3 Å². The molecule has 29 heavy (non-hydrogen) atoms. The maximum atomic E-state index is 13.7. The van der Waals surface area contributed by atoms with Crippen LogP contribution in [0.4, 0.5) is 19.0 Å². The summed E-state index contributed by atoms with van der Waals surface area (Å²) in [5.74, 6) is 0.508. The molecule has 4 rings (SSSR count). The zero-order valence-corrected chi connectivity index (χ0v) is 16.1. The summed E-state index contributed by atoms with van der Waals surface area (Å²) in [5.41, 5.74) is 0.795. The number of aromatic nitrogens is 4. The summed E-state index contributed by atoms with van der Waals surface area (Å²) in [5, 5.41) is 10.6. The van der Waals surface area contributed by atoms with Crippen LogP contribution in [0.15, 0.2) is 42.1 Å². The van der Waals surface area contributed by atoms with Gasteiger partial charge in [-0.3, -0.25) is 5.10 Å². The third kappa shape index (κ3) is 3.95. The number of piperazine rings is 1. The molecule has 1 unspecified atom stereocenters. The van der Waals surface area contributed by atoms with Crippen molar-refractivity contribution in [2.75, 3.05) is 24.5 Å². The lowest BCUT2D eigenvalue weighted by Gasteiger charge is -2.34. The highest BCUT2D eigenvalue weighted by molar-refractivity contribution is 5.90. The number of halogens is 3. The molecule has 9 heteroatoms. The first-order chi connectivity index (χ1) is 13.8. The van der Waals surface area contributed by atoms with Crippen molar-refractivity contribution in [3.05, 3.63) is 47.7 Å². The number of nitrogens with zero attached hydrogens (tertiary/aromatic N) is 4. The van der Waals surface area contributed by atoms with Crippen molar-refractivity contribution in [3.8, 4) is 11.4 Å². The summed E-state index contributed by atoms with van der Waals surface area (Å²) in [7, 11) is 0. The molecule has 2 N–H and O–H groups in total. The Hall–Kier alpha value is -2.94. The smallest absolute Gasteiger partial charge is 0.353 e. The van der Waals surface area contributed by atoms with E-state index in [0.29, 0.717) is 29.9 Å². The first-order valence-corrected chi connectivity index (χ1v) is 9.34. The summed E-state index contributed by atoms with van der Waals surface area (Å²) in [4.78, 5) is 10.5. The highest BCUT2D eigenvalue weighted by atomic mass is 19.4. The van der Waals surface area contributed by atoms with E-state index in [-0.39, 0.29) is 18.9 Å². The van der Waals surface area contributed by atoms with Crippen LogP contribution >= 0.6 is 0 Å². The molecule has 1 aliphatic heterocycles. The molecular weight excluding hydrogens is 381 g/mol. The van der Waals surface area contributed by atoms with Crippen molar-refractivity contribution >= 4 is 16.9 Å². The van der Waals surface area contributed by atoms with Crippen molar-refractivity contribution in [3.63, 3.8) is 0 Å². The number of pyridine rings is 2. The maximum Gasteiger partial charge on any atom is 0.418 e. The van der Waals surface area contributed by atoms with Gasteiger partial charge < -0.3 is 10.2 Å². The third-order valence-electron chi connectivity index (χ3n) is 4.82. The number of nitrogens with one attached hydrogen (secondary N) is 2. The average Bonchev–Trinajstić information content (AvgIpc) is 3.10. The minimum absolute atomic E-state index is 0. The molecule has 3 aromatic rings. The summed E-state index contributed by atoms with van der Waals surface area (Å²) < 4.78 is 41.1. The largest absolute Gasteiger partial charge is 0.418 e. The van der Waals surface area contributed by atoms with E-state index >= 15 is 0 Å². The predicted molar refractivity (Wildman–Crippen MR) is 108 cm³/mol. The van der Waals surface area contributed by atoms with Gasteiger partial charge >= 0.3 is 6.18 Å². The molecule has 1 aliphatic rings. The van der Waals surface area contributed by atoms with Gasteiger partial charge in [-0.2, -0.15) is 18.3 Å². The first-order valence-electron chi connectivity index (χ1n) is 9.34. The van der Waals surface area contributed by atoms with Crippen LogP contribution in [0.2, 0.25) is 0 Å². The van der Waals surface area contributed by atoms with Crippen LogP contribution in [0.5, 0.6) is 0 Å². The lowest BCUT2D eigenvalue weighted by atomic mass is 10.1. The fourth-order valence-corrected chi connectivity index (χ4v) is 3.58. The van der Waals surface area contributed by atoms with Crippen molar-refractivity contribution < 1.29 is 14.6 Å². The molecule has 154 valence electrons. The highest BCUT2D eigenvalue weighted by Crippen LogP contribution is 2.38. The molecule has 1 saturated heterocycles. The van der Waals surface area contributed by atoms with Crippen molar-refractivity contribution in [2.24, 2.45) is 0 Å². The average molecular weight is 404 g/mol. The Morgan fingerprint density at radius 2 is 2.10 bits per heavy atom. The molecule has 1 fully saturated rings. The second-order valence-corrected chi connectivity index (χ2v) is 7.29. The number of rotatable bonds is 3. The van der Waals surface area contributed by atoms with Crippen molar-refractivity contribution in [1.29, 1.82) is 0 Å². The van der Waals surface area contributed by atoms with Crippen LogP contribution < -0.4 is 10.2 Å². The fraction of sp³-hybridized carbons (Fsp3) is 0.350. The number of anilines is 1. The molecule has 4 heterocycles. The second-order valence-electron chi connectivity index (χ2n) is 7.29. The number of aromatic amines is 1.